The summed E-state index contributed by atoms with van der Waals surface area (Å²) < 4.78 is 51.7. The molecule has 0 unspecified atom stereocenters. The summed E-state index contributed by atoms with van der Waals surface area (Å²) in [4.78, 5) is 43.1. The minimum absolute atomic E-state index is 0.437. The normalized spacial score (nSPS) is 11.6. The third-order valence-electron chi connectivity index (χ3n) is 4.97. The molecule has 0 atom stereocenters. The van der Waals surface area contributed by atoms with Crippen LogP contribution in [-0.4, -0.2) is 61.1 Å². The SMILES string of the molecule is O=C(O)c1ccc(S(=O)(=O)c2ccc(S(=O)(=O)c3ccc(C(=O)O)c(C(=O)O)c3)cc2)cc1C(=O)O. The predicted molar refractivity (Wildman–Crippen MR) is 118 cm³/mol. The zero-order valence-electron chi connectivity index (χ0n) is 17.6. The Labute approximate surface area is 202 Å². The van der Waals surface area contributed by atoms with Gasteiger partial charge in [0, 0.05) is 0 Å². The number of hydrogen-bond acceptors (Lipinski definition) is 8. The van der Waals surface area contributed by atoms with Gasteiger partial charge in [-0.1, -0.05) is 0 Å². The third kappa shape index (κ3) is 4.67. The van der Waals surface area contributed by atoms with Gasteiger partial charge in [-0.15, -0.1) is 0 Å². The van der Waals surface area contributed by atoms with Gasteiger partial charge in [0.15, 0.2) is 0 Å². The summed E-state index contributed by atoms with van der Waals surface area (Å²) in [5.41, 5.74) is -2.78. The summed E-state index contributed by atoms with van der Waals surface area (Å²) in [6.45, 7) is 0. The minimum atomic E-state index is -4.39. The number of sulfone groups is 2. The van der Waals surface area contributed by atoms with E-state index in [0.717, 1.165) is 48.5 Å². The standard InChI is InChI=1S/C22H14O12S2/c23-19(24)15-7-5-13(9-17(15)21(27)28)35(31,32)11-1-2-12(4-3-11)36(33,34)14-6-8-16(20(25)26)18(10-14)22(29)30/h1-10H,(H,23,24)(H,25,26)(H,27,28)(H,29,30). The van der Waals surface area contributed by atoms with Gasteiger partial charge in [-0.25, -0.2) is 36.0 Å². The molecular weight excluding hydrogens is 520 g/mol. The molecule has 0 spiro atoms. The molecule has 0 fully saturated rings. The van der Waals surface area contributed by atoms with Crippen LogP contribution < -0.4 is 0 Å². The minimum Gasteiger partial charge on any atom is -0.478 e. The molecule has 0 saturated heterocycles. The van der Waals surface area contributed by atoms with Gasteiger partial charge in [0.1, 0.15) is 0 Å². The summed E-state index contributed by atoms with van der Waals surface area (Å²) in [6, 6.07) is 8.42. The van der Waals surface area contributed by atoms with Crippen molar-refractivity contribution in [1.29, 1.82) is 0 Å². The largest absolute Gasteiger partial charge is 0.478 e. The summed E-state index contributed by atoms with van der Waals surface area (Å²) in [5, 5.41) is 36.6. The molecule has 186 valence electrons. The van der Waals surface area contributed by atoms with E-state index >= 15 is 0 Å². The number of benzene rings is 3. The van der Waals surface area contributed by atoms with E-state index in [9.17, 15) is 46.2 Å². The monoisotopic (exact) mass is 534 g/mol. The van der Waals surface area contributed by atoms with E-state index in [2.05, 4.69) is 0 Å². The molecule has 0 aliphatic heterocycles. The quantitative estimate of drug-likeness (QED) is 0.327. The Balaban J connectivity index is 2.04. The van der Waals surface area contributed by atoms with Crippen LogP contribution in [0.5, 0.6) is 0 Å². The zero-order valence-corrected chi connectivity index (χ0v) is 19.3. The van der Waals surface area contributed by atoms with E-state index in [0.29, 0.717) is 12.1 Å². The van der Waals surface area contributed by atoms with Crippen molar-refractivity contribution in [3.63, 3.8) is 0 Å². The summed E-state index contributed by atoms with van der Waals surface area (Å²) >= 11 is 0. The predicted octanol–water partition coefficient (Wildman–Crippen LogP) is 2.15. The first-order valence-electron chi connectivity index (χ1n) is 9.49. The smallest absolute Gasteiger partial charge is 0.336 e. The van der Waals surface area contributed by atoms with Crippen LogP contribution >= 0.6 is 0 Å². The van der Waals surface area contributed by atoms with Crippen molar-refractivity contribution < 1.29 is 56.4 Å². The van der Waals surface area contributed by atoms with Gasteiger partial charge in [0.05, 0.1) is 41.8 Å². The number of hydrogen-bond donors (Lipinski definition) is 4. The van der Waals surface area contributed by atoms with Gasteiger partial charge in [-0.05, 0) is 60.7 Å². The van der Waals surface area contributed by atoms with Crippen LogP contribution in [0.4, 0.5) is 0 Å². The Morgan fingerprint density at radius 1 is 0.417 bits per heavy atom. The number of carbonyl (C=O) groups is 4. The molecule has 0 aromatic heterocycles. The molecule has 0 aliphatic rings. The lowest BCUT2D eigenvalue weighted by atomic mass is 10.1. The van der Waals surface area contributed by atoms with Crippen LogP contribution in [0, 0.1) is 0 Å². The average Bonchev–Trinajstić information content (AvgIpc) is 2.83. The fourth-order valence-electron chi connectivity index (χ4n) is 3.18. The van der Waals surface area contributed by atoms with E-state index < -0.39 is 85.4 Å². The van der Waals surface area contributed by atoms with Gasteiger partial charge < -0.3 is 20.4 Å². The summed E-state index contributed by atoms with van der Waals surface area (Å²) in [5.74, 6) is -6.48. The fourth-order valence-corrected chi connectivity index (χ4v) is 5.75. The number of aromatic carboxylic acids is 4. The maximum atomic E-state index is 12.9. The zero-order chi connectivity index (χ0) is 27.0. The molecule has 0 radical (unpaired) electrons. The van der Waals surface area contributed by atoms with Crippen molar-refractivity contribution in [2.75, 3.05) is 0 Å². The molecule has 0 heterocycles. The Kier molecular flexibility index (Phi) is 6.69. The lowest BCUT2D eigenvalue weighted by Crippen LogP contribution is -2.11. The van der Waals surface area contributed by atoms with Gasteiger partial charge >= 0.3 is 23.9 Å². The molecule has 0 aliphatic carbocycles. The topological polar surface area (TPSA) is 217 Å². The molecule has 3 rings (SSSR count). The highest BCUT2D eigenvalue weighted by atomic mass is 32.2. The van der Waals surface area contributed by atoms with Crippen LogP contribution in [0.3, 0.4) is 0 Å². The van der Waals surface area contributed by atoms with Gasteiger partial charge in [-0.3, -0.25) is 0 Å². The van der Waals surface area contributed by atoms with E-state index in [1.54, 1.807) is 0 Å². The highest BCUT2D eigenvalue weighted by molar-refractivity contribution is 7.92. The van der Waals surface area contributed by atoms with E-state index in [1.807, 2.05) is 0 Å². The van der Waals surface area contributed by atoms with E-state index in [4.69, 9.17) is 10.2 Å². The van der Waals surface area contributed by atoms with E-state index in [-0.39, 0.29) is 0 Å². The highest BCUT2D eigenvalue weighted by Gasteiger charge is 2.26. The van der Waals surface area contributed by atoms with Crippen molar-refractivity contribution in [2.45, 2.75) is 19.6 Å². The summed E-state index contributed by atoms with van der Waals surface area (Å²) in [6.07, 6.45) is 0. The van der Waals surface area contributed by atoms with Crippen molar-refractivity contribution in [3.05, 3.63) is 82.9 Å². The van der Waals surface area contributed by atoms with E-state index in [1.165, 1.54) is 0 Å². The molecule has 3 aromatic carbocycles. The Morgan fingerprint density at radius 2 is 0.667 bits per heavy atom. The van der Waals surface area contributed by atoms with Crippen LogP contribution in [0.25, 0.3) is 0 Å². The van der Waals surface area contributed by atoms with Crippen molar-refractivity contribution >= 4 is 43.6 Å². The first-order valence-corrected chi connectivity index (χ1v) is 12.5. The number of rotatable bonds is 8. The molecule has 14 heteroatoms. The molecule has 0 bridgehead atoms. The second-order valence-corrected chi connectivity index (χ2v) is 11.0. The van der Waals surface area contributed by atoms with Crippen molar-refractivity contribution in [2.24, 2.45) is 0 Å². The Hall–Kier alpha value is -4.56. The molecule has 36 heavy (non-hydrogen) atoms. The second kappa shape index (κ2) is 9.24. The van der Waals surface area contributed by atoms with Crippen LogP contribution in [-0.2, 0) is 19.7 Å². The lowest BCUT2D eigenvalue weighted by molar-refractivity contribution is 0.0651. The van der Waals surface area contributed by atoms with Gasteiger partial charge in [-0.2, -0.15) is 0 Å². The van der Waals surface area contributed by atoms with Crippen LogP contribution in [0.1, 0.15) is 41.4 Å². The summed E-state index contributed by atoms with van der Waals surface area (Å²) in [7, 11) is -8.78. The Morgan fingerprint density at radius 3 is 0.917 bits per heavy atom. The first kappa shape index (κ1) is 26.1. The second-order valence-electron chi connectivity index (χ2n) is 7.11. The first-order chi connectivity index (χ1) is 16.7. The number of carboxylic acids is 4. The maximum absolute atomic E-state index is 12.9. The van der Waals surface area contributed by atoms with Gasteiger partial charge in [0.25, 0.3) is 0 Å². The molecule has 3 aromatic rings. The van der Waals surface area contributed by atoms with Crippen LogP contribution in [0.15, 0.2) is 80.2 Å². The Bertz CT molecular complexity index is 1530. The molecule has 0 amide bonds. The highest BCUT2D eigenvalue weighted by Crippen LogP contribution is 2.28. The fraction of sp³-hybridized carbons (Fsp3) is 0. The average molecular weight is 534 g/mol. The maximum Gasteiger partial charge on any atom is 0.336 e. The molecule has 12 nitrogen and oxygen atoms in total. The molecule has 0 saturated carbocycles. The van der Waals surface area contributed by atoms with Crippen molar-refractivity contribution in [1.82, 2.24) is 0 Å². The third-order valence-corrected chi connectivity index (χ3v) is 8.50. The van der Waals surface area contributed by atoms with Gasteiger partial charge in [0.2, 0.25) is 19.7 Å². The molecule has 4 N–H and O–H groups in total. The lowest BCUT2D eigenvalue weighted by Gasteiger charge is -2.10. The van der Waals surface area contributed by atoms with Crippen molar-refractivity contribution in [3.8, 4) is 0 Å². The number of carboxylic acid groups (broad SMARTS) is 4. The molecular formula is C22H14O12S2. The van der Waals surface area contributed by atoms with Crippen LogP contribution in [0.2, 0.25) is 0 Å².